The Labute approximate surface area is 106 Å². The van der Waals surface area contributed by atoms with Crippen LogP contribution in [0.3, 0.4) is 0 Å². The molecular weight excluding hydrogens is 252 g/mol. The van der Waals surface area contributed by atoms with Gasteiger partial charge in [0, 0.05) is 0 Å². The summed E-state index contributed by atoms with van der Waals surface area (Å²) in [6.07, 6.45) is 1.59. The van der Waals surface area contributed by atoms with Gasteiger partial charge < -0.3 is 14.0 Å². The van der Waals surface area contributed by atoms with E-state index in [9.17, 15) is 4.79 Å². The van der Waals surface area contributed by atoms with Gasteiger partial charge in [-0.2, -0.15) is 0 Å². The number of hydrogen-bond donors (Lipinski definition) is 1. The van der Waals surface area contributed by atoms with Crippen molar-refractivity contribution < 1.29 is 18.8 Å². The van der Waals surface area contributed by atoms with E-state index in [0.717, 1.165) is 0 Å². The van der Waals surface area contributed by atoms with E-state index in [1.807, 2.05) is 0 Å². The van der Waals surface area contributed by atoms with Crippen molar-refractivity contribution in [3.63, 3.8) is 0 Å². The minimum Gasteiger partial charge on any atom is -0.546 e. The Bertz CT molecular complexity index is 287. The van der Waals surface area contributed by atoms with Gasteiger partial charge >= 0.3 is 5.97 Å². The first-order valence-electron chi connectivity index (χ1n) is 5.73. The lowest BCUT2D eigenvalue weighted by Crippen LogP contribution is -2.30. The van der Waals surface area contributed by atoms with Crippen LogP contribution in [-0.4, -0.2) is 34.3 Å². The summed E-state index contributed by atoms with van der Waals surface area (Å²) in [4.78, 5) is 10.5. The van der Waals surface area contributed by atoms with E-state index in [4.69, 9.17) is 14.0 Å². The largest absolute Gasteiger partial charge is 0.546 e. The molecule has 0 rings (SSSR count). The molecule has 0 fully saturated rings. The third kappa shape index (κ3) is 11.7. The molecule has 4 nitrogen and oxygen atoms in total. The second kappa shape index (κ2) is 6.37. The molecule has 0 aliphatic carbocycles. The maximum Gasteiger partial charge on any atom is 0.307 e. The van der Waals surface area contributed by atoms with Crippen LogP contribution in [0.25, 0.3) is 0 Å². The zero-order chi connectivity index (χ0) is 13.7. The third-order valence-electron chi connectivity index (χ3n) is 1.59. The summed E-state index contributed by atoms with van der Waals surface area (Å²) in [7, 11) is -3.32. The fourth-order valence-corrected chi connectivity index (χ4v) is 2.52. The van der Waals surface area contributed by atoms with Gasteiger partial charge in [0.25, 0.3) is 0 Å². The fourth-order valence-electron chi connectivity index (χ4n) is 1.01. The smallest absolute Gasteiger partial charge is 0.307 e. The molecule has 0 aliphatic heterocycles. The molecule has 1 N–H and O–H groups in total. The van der Waals surface area contributed by atoms with E-state index < -0.39 is 22.6 Å². The minimum absolute atomic E-state index is 0.0190. The summed E-state index contributed by atoms with van der Waals surface area (Å²) >= 11 is 0. The summed E-state index contributed by atoms with van der Waals surface area (Å²) in [6, 6.07) is 0. The topological polar surface area (TPSA) is 55.8 Å². The Morgan fingerprint density at radius 2 is 1.65 bits per heavy atom. The summed E-state index contributed by atoms with van der Waals surface area (Å²) < 4.78 is 11.6. The van der Waals surface area contributed by atoms with Crippen LogP contribution in [0.5, 0.6) is 0 Å². The number of aliphatic carboxylic acids is 1. The molecular formula is C11H24O4Si2. The van der Waals surface area contributed by atoms with Gasteiger partial charge in [-0.15, -0.1) is 0 Å². The van der Waals surface area contributed by atoms with Gasteiger partial charge in [0.2, 0.25) is 8.32 Å². The lowest BCUT2D eigenvalue weighted by Gasteiger charge is -2.25. The summed E-state index contributed by atoms with van der Waals surface area (Å²) in [5.41, 5.74) is 0. The molecule has 6 heteroatoms. The van der Waals surface area contributed by atoms with Crippen molar-refractivity contribution in [1.29, 1.82) is 0 Å². The maximum atomic E-state index is 10.5. The lowest BCUT2D eigenvalue weighted by atomic mass is 10.3. The first-order valence-corrected chi connectivity index (χ1v) is 12.5. The summed E-state index contributed by atoms with van der Waals surface area (Å²) in [6.45, 7) is 12.9. The molecule has 0 bridgehead atoms. The molecule has 0 aromatic carbocycles. The zero-order valence-corrected chi connectivity index (χ0v) is 13.7. The van der Waals surface area contributed by atoms with E-state index in [-0.39, 0.29) is 6.42 Å². The van der Waals surface area contributed by atoms with Crippen LogP contribution < -0.4 is 0 Å². The van der Waals surface area contributed by atoms with Crippen molar-refractivity contribution in [3.8, 4) is 0 Å². The summed E-state index contributed by atoms with van der Waals surface area (Å²) in [5.74, 6) is -0.191. The standard InChI is InChI=1S/C11H24O4Si2/c1-16(2,3)14-9-10(7-8-11(12)13)15-17(4,5)6/h7H,8-9H2,1-6H3,(H,12,13). The lowest BCUT2D eigenvalue weighted by molar-refractivity contribution is -0.136. The monoisotopic (exact) mass is 276 g/mol. The second-order valence-corrected chi connectivity index (χ2v) is 14.8. The molecule has 0 spiro atoms. The van der Waals surface area contributed by atoms with Crippen LogP contribution in [-0.2, 0) is 13.6 Å². The van der Waals surface area contributed by atoms with Gasteiger partial charge in [-0.1, -0.05) is 0 Å². The van der Waals surface area contributed by atoms with Gasteiger partial charge in [-0.05, 0) is 45.4 Å². The molecule has 0 amide bonds. The normalized spacial score (nSPS) is 13.6. The van der Waals surface area contributed by atoms with Gasteiger partial charge in [-0.3, -0.25) is 4.79 Å². The maximum absolute atomic E-state index is 10.5. The first kappa shape index (κ1) is 16.4. The van der Waals surface area contributed by atoms with Crippen molar-refractivity contribution in [3.05, 3.63) is 11.8 Å². The number of carbonyl (C=O) groups is 1. The van der Waals surface area contributed by atoms with Crippen LogP contribution in [0.4, 0.5) is 0 Å². The van der Waals surface area contributed by atoms with Crippen LogP contribution in [0, 0.1) is 0 Å². The molecule has 0 aromatic rings. The Morgan fingerprint density at radius 3 is 2.00 bits per heavy atom. The number of carboxylic acid groups (broad SMARTS) is 1. The molecule has 0 aromatic heterocycles. The van der Waals surface area contributed by atoms with Crippen molar-refractivity contribution in [2.75, 3.05) is 6.61 Å². The van der Waals surface area contributed by atoms with Gasteiger partial charge in [0.05, 0.1) is 13.0 Å². The van der Waals surface area contributed by atoms with Gasteiger partial charge in [0.15, 0.2) is 8.32 Å². The van der Waals surface area contributed by atoms with E-state index >= 15 is 0 Å². The number of hydrogen-bond acceptors (Lipinski definition) is 3. The van der Waals surface area contributed by atoms with Gasteiger partial charge in [-0.25, -0.2) is 0 Å². The number of rotatable bonds is 7. The van der Waals surface area contributed by atoms with Crippen LogP contribution in [0.15, 0.2) is 11.8 Å². The van der Waals surface area contributed by atoms with Crippen LogP contribution >= 0.6 is 0 Å². The highest BCUT2D eigenvalue weighted by Crippen LogP contribution is 2.14. The molecule has 0 aliphatic rings. The van der Waals surface area contributed by atoms with E-state index in [2.05, 4.69) is 39.3 Å². The predicted octanol–water partition coefficient (Wildman–Crippen LogP) is 3.05. The number of carboxylic acids is 1. The summed E-state index contributed by atoms with van der Waals surface area (Å²) in [5, 5.41) is 8.67. The first-order chi connectivity index (χ1) is 7.49. The van der Waals surface area contributed by atoms with Crippen molar-refractivity contribution >= 4 is 22.6 Å². The molecule has 0 saturated carbocycles. The molecule has 100 valence electrons. The Kier molecular flexibility index (Phi) is 6.14. The minimum atomic E-state index is -1.71. The molecule has 0 atom stereocenters. The zero-order valence-electron chi connectivity index (χ0n) is 11.7. The van der Waals surface area contributed by atoms with E-state index in [0.29, 0.717) is 12.4 Å². The van der Waals surface area contributed by atoms with Crippen LogP contribution in [0.2, 0.25) is 39.3 Å². The molecule has 0 unspecified atom stereocenters. The quantitative estimate of drug-likeness (QED) is 0.573. The van der Waals surface area contributed by atoms with Crippen molar-refractivity contribution in [2.45, 2.75) is 45.7 Å². The highest BCUT2D eigenvalue weighted by Gasteiger charge is 2.20. The second-order valence-electron chi connectivity index (χ2n) is 5.88. The average molecular weight is 276 g/mol. The average Bonchev–Trinajstić information content (AvgIpc) is 2.06. The Morgan fingerprint density at radius 1 is 1.12 bits per heavy atom. The molecule has 0 heterocycles. The van der Waals surface area contributed by atoms with E-state index in [1.165, 1.54) is 0 Å². The van der Waals surface area contributed by atoms with Gasteiger partial charge in [0.1, 0.15) is 5.76 Å². The molecule has 17 heavy (non-hydrogen) atoms. The molecule has 0 saturated heterocycles. The highest BCUT2D eigenvalue weighted by atomic mass is 28.4. The van der Waals surface area contributed by atoms with Crippen LogP contribution in [0.1, 0.15) is 6.42 Å². The SMILES string of the molecule is C[Si](C)(C)OCC(=CCC(=O)O)O[Si](C)(C)C. The van der Waals surface area contributed by atoms with Crippen molar-refractivity contribution in [2.24, 2.45) is 0 Å². The Hall–Kier alpha value is -0.596. The van der Waals surface area contributed by atoms with Crippen molar-refractivity contribution in [1.82, 2.24) is 0 Å². The predicted molar refractivity (Wildman–Crippen MR) is 74.1 cm³/mol. The molecule has 0 radical (unpaired) electrons. The fraction of sp³-hybridized carbons (Fsp3) is 0.727. The van der Waals surface area contributed by atoms with E-state index in [1.54, 1.807) is 6.08 Å². The highest BCUT2D eigenvalue weighted by molar-refractivity contribution is 6.70. The Balaban J connectivity index is 4.52. The third-order valence-corrected chi connectivity index (χ3v) is 3.47.